The highest BCUT2D eigenvalue weighted by Crippen LogP contribution is 2.29. The number of carbonyl (C=O) groups is 2. The number of pyridine rings is 1. The number of nitrogens with zero attached hydrogens (tertiary/aromatic N) is 4. The number of carboxylic acids is 1. The molecule has 1 amide bonds. The third-order valence-corrected chi connectivity index (χ3v) is 4.95. The highest BCUT2D eigenvalue weighted by Gasteiger charge is 2.32. The molecule has 1 aliphatic heterocycles. The van der Waals surface area contributed by atoms with E-state index in [4.69, 9.17) is 5.11 Å². The molecule has 0 saturated carbocycles. The van der Waals surface area contributed by atoms with Crippen LogP contribution in [0.2, 0.25) is 0 Å². The minimum atomic E-state index is -4.47. The maximum Gasteiger partial charge on any atom is 0.417 e. The molecule has 0 aromatic carbocycles. The van der Waals surface area contributed by atoms with Gasteiger partial charge in [-0.05, 0) is 32.4 Å². The van der Waals surface area contributed by atoms with Crippen molar-refractivity contribution in [2.45, 2.75) is 32.9 Å². The summed E-state index contributed by atoms with van der Waals surface area (Å²) in [7, 11) is 0. The third kappa shape index (κ3) is 5.23. The van der Waals surface area contributed by atoms with Crippen LogP contribution >= 0.6 is 24.8 Å². The molecule has 1 aliphatic rings. The minimum Gasteiger partial charge on any atom is -0.481 e. The van der Waals surface area contributed by atoms with Crippen molar-refractivity contribution in [2.75, 3.05) is 13.1 Å². The molecule has 7 nitrogen and oxygen atoms in total. The highest BCUT2D eigenvalue weighted by atomic mass is 35.5. The Labute approximate surface area is 183 Å². The number of alkyl halides is 3. The van der Waals surface area contributed by atoms with Crippen LogP contribution in [0.25, 0.3) is 5.82 Å². The molecule has 1 atom stereocenters. The average molecular weight is 469 g/mol. The molecule has 0 aliphatic carbocycles. The van der Waals surface area contributed by atoms with Crippen molar-refractivity contribution in [3.63, 3.8) is 0 Å². The molecular formula is C18H21Cl2F3N4O3. The van der Waals surface area contributed by atoms with Gasteiger partial charge < -0.3 is 10.0 Å². The molecule has 1 unspecified atom stereocenters. The number of rotatable bonds is 4. The summed E-state index contributed by atoms with van der Waals surface area (Å²) in [5, 5.41) is 13.4. The van der Waals surface area contributed by atoms with Gasteiger partial charge in [-0.2, -0.15) is 18.3 Å². The SMILES string of the molecule is Cc1nn(-c2ccc(C(F)(F)F)cn2)c(C)c1CC(=O)N1CCC(C(=O)O)C1.Cl.Cl. The van der Waals surface area contributed by atoms with Crippen LogP contribution in [0.4, 0.5) is 13.2 Å². The molecule has 3 heterocycles. The Morgan fingerprint density at radius 2 is 1.90 bits per heavy atom. The number of halogens is 5. The largest absolute Gasteiger partial charge is 0.481 e. The Morgan fingerprint density at radius 1 is 1.23 bits per heavy atom. The monoisotopic (exact) mass is 468 g/mol. The molecule has 1 fully saturated rings. The Hall–Kier alpha value is -2.33. The van der Waals surface area contributed by atoms with E-state index in [1.165, 1.54) is 15.6 Å². The predicted molar refractivity (Wildman–Crippen MR) is 106 cm³/mol. The lowest BCUT2D eigenvalue weighted by atomic mass is 10.1. The summed E-state index contributed by atoms with van der Waals surface area (Å²) in [4.78, 5) is 29.0. The quantitative estimate of drug-likeness (QED) is 0.743. The maximum atomic E-state index is 12.7. The Bertz CT molecular complexity index is 917. The van der Waals surface area contributed by atoms with Crippen LogP contribution in [0, 0.1) is 19.8 Å². The van der Waals surface area contributed by atoms with Crippen LogP contribution in [0.3, 0.4) is 0 Å². The number of likely N-dealkylation sites (tertiary alicyclic amines) is 1. The molecule has 30 heavy (non-hydrogen) atoms. The van der Waals surface area contributed by atoms with Gasteiger partial charge in [-0.3, -0.25) is 9.59 Å². The maximum absolute atomic E-state index is 12.7. The number of amides is 1. The Balaban J connectivity index is 0.00000225. The number of hydrogen-bond donors (Lipinski definition) is 1. The zero-order chi connectivity index (χ0) is 20.6. The van der Waals surface area contributed by atoms with E-state index in [0.29, 0.717) is 29.9 Å². The fraction of sp³-hybridized carbons (Fsp3) is 0.444. The fourth-order valence-electron chi connectivity index (χ4n) is 3.28. The van der Waals surface area contributed by atoms with Crippen LogP contribution < -0.4 is 0 Å². The Morgan fingerprint density at radius 3 is 2.40 bits per heavy atom. The summed E-state index contributed by atoms with van der Waals surface area (Å²) in [6.07, 6.45) is -3.26. The van der Waals surface area contributed by atoms with E-state index >= 15 is 0 Å². The van der Waals surface area contributed by atoms with Crippen LogP contribution in [0.15, 0.2) is 18.3 Å². The van der Waals surface area contributed by atoms with Crippen molar-refractivity contribution >= 4 is 36.7 Å². The van der Waals surface area contributed by atoms with E-state index in [0.717, 1.165) is 12.3 Å². The molecule has 2 aromatic rings. The molecule has 12 heteroatoms. The number of aliphatic carboxylic acids is 1. The van der Waals surface area contributed by atoms with Gasteiger partial charge in [0.2, 0.25) is 5.91 Å². The Kier molecular flexibility index (Phi) is 8.27. The summed E-state index contributed by atoms with van der Waals surface area (Å²) in [5.74, 6) is -1.44. The molecule has 0 radical (unpaired) electrons. The first-order chi connectivity index (χ1) is 13.1. The number of aryl methyl sites for hydroxylation is 1. The lowest BCUT2D eigenvalue weighted by Gasteiger charge is -2.16. The third-order valence-electron chi connectivity index (χ3n) is 4.95. The van der Waals surface area contributed by atoms with Crippen LogP contribution in [-0.4, -0.2) is 49.7 Å². The standard InChI is InChI=1S/C18H19F3N4O3.2ClH/c1-10-14(7-16(26)24-6-5-12(9-24)17(27)28)11(2)25(23-10)15-4-3-13(8-22-15)18(19,20)21;;/h3-4,8,12H,5-7,9H2,1-2H3,(H,27,28);2*1H. The molecule has 0 bridgehead atoms. The summed E-state index contributed by atoms with van der Waals surface area (Å²) in [5.41, 5.74) is 0.981. The first kappa shape index (κ1) is 25.7. The zero-order valence-electron chi connectivity index (χ0n) is 16.1. The van der Waals surface area contributed by atoms with Gasteiger partial charge in [0.1, 0.15) is 0 Å². The fourth-order valence-corrected chi connectivity index (χ4v) is 3.28. The lowest BCUT2D eigenvalue weighted by molar-refractivity contribution is -0.141. The lowest BCUT2D eigenvalue weighted by Crippen LogP contribution is -2.31. The van der Waals surface area contributed by atoms with Crippen molar-refractivity contribution < 1.29 is 27.9 Å². The minimum absolute atomic E-state index is 0. The van der Waals surface area contributed by atoms with Gasteiger partial charge in [0.15, 0.2) is 5.82 Å². The van der Waals surface area contributed by atoms with Gasteiger partial charge in [-0.1, -0.05) is 0 Å². The normalized spacial score (nSPS) is 16.0. The van der Waals surface area contributed by atoms with Gasteiger partial charge in [0, 0.05) is 30.5 Å². The van der Waals surface area contributed by atoms with E-state index in [9.17, 15) is 22.8 Å². The van der Waals surface area contributed by atoms with Gasteiger partial charge in [-0.15, -0.1) is 24.8 Å². The van der Waals surface area contributed by atoms with Gasteiger partial charge >= 0.3 is 12.1 Å². The average Bonchev–Trinajstić information content (AvgIpc) is 3.22. The molecule has 2 aromatic heterocycles. The molecular weight excluding hydrogens is 448 g/mol. The predicted octanol–water partition coefficient (Wildman–Crippen LogP) is 3.22. The van der Waals surface area contributed by atoms with Crippen LogP contribution in [0.5, 0.6) is 0 Å². The summed E-state index contributed by atoms with van der Waals surface area (Å²) >= 11 is 0. The molecule has 0 spiro atoms. The molecule has 1 N–H and O–H groups in total. The van der Waals surface area contributed by atoms with Crippen molar-refractivity contribution in [1.82, 2.24) is 19.7 Å². The summed E-state index contributed by atoms with van der Waals surface area (Å²) in [6.45, 7) is 4.00. The summed E-state index contributed by atoms with van der Waals surface area (Å²) in [6, 6.07) is 2.16. The highest BCUT2D eigenvalue weighted by molar-refractivity contribution is 5.85. The number of aromatic nitrogens is 3. The van der Waals surface area contributed by atoms with E-state index in [-0.39, 0.29) is 49.5 Å². The van der Waals surface area contributed by atoms with Crippen molar-refractivity contribution in [1.29, 1.82) is 0 Å². The topological polar surface area (TPSA) is 88.3 Å². The van der Waals surface area contributed by atoms with Gasteiger partial charge in [0.25, 0.3) is 0 Å². The van der Waals surface area contributed by atoms with Crippen molar-refractivity contribution in [3.8, 4) is 5.82 Å². The van der Waals surface area contributed by atoms with Crippen molar-refractivity contribution in [2.24, 2.45) is 5.92 Å². The number of hydrogen-bond acceptors (Lipinski definition) is 4. The second-order valence-corrected chi connectivity index (χ2v) is 6.80. The van der Waals surface area contributed by atoms with E-state index in [2.05, 4.69) is 10.1 Å². The summed E-state index contributed by atoms with van der Waals surface area (Å²) < 4.78 is 39.5. The van der Waals surface area contributed by atoms with E-state index in [1.807, 2.05) is 0 Å². The zero-order valence-corrected chi connectivity index (χ0v) is 17.8. The van der Waals surface area contributed by atoms with Crippen LogP contribution in [-0.2, 0) is 22.2 Å². The smallest absolute Gasteiger partial charge is 0.417 e. The van der Waals surface area contributed by atoms with Crippen molar-refractivity contribution in [3.05, 3.63) is 40.8 Å². The second kappa shape index (κ2) is 9.65. The number of carbonyl (C=O) groups excluding carboxylic acids is 1. The van der Waals surface area contributed by atoms with Gasteiger partial charge in [-0.25, -0.2) is 9.67 Å². The molecule has 166 valence electrons. The molecule has 3 rings (SSSR count). The second-order valence-electron chi connectivity index (χ2n) is 6.80. The molecule has 1 saturated heterocycles. The first-order valence-corrected chi connectivity index (χ1v) is 8.67. The number of carboxylic acid groups (broad SMARTS) is 1. The van der Waals surface area contributed by atoms with Crippen LogP contribution in [0.1, 0.15) is 28.9 Å². The van der Waals surface area contributed by atoms with Gasteiger partial charge in [0.05, 0.1) is 23.6 Å². The first-order valence-electron chi connectivity index (χ1n) is 8.67. The van der Waals surface area contributed by atoms with E-state index in [1.54, 1.807) is 13.8 Å². The van der Waals surface area contributed by atoms with E-state index < -0.39 is 23.6 Å².